The molecule has 0 bridgehead atoms. The van der Waals surface area contributed by atoms with Gasteiger partial charge in [0.1, 0.15) is 0 Å². The Morgan fingerprint density at radius 3 is 2.48 bits per heavy atom. The molecule has 3 unspecified atom stereocenters. The maximum absolute atomic E-state index is 5.91. The number of nitrogens with zero attached hydrogens (tertiary/aromatic N) is 4. The third-order valence-electron chi connectivity index (χ3n) is 5.78. The van der Waals surface area contributed by atoms with Crippen molar-refractivity contribution in [3.63, 3.8) is 0 Å². The third-order valence-corrected chi connectivity index (χ3v) is 5.78. The SMILES string of the molecule is CCC(CC)C(NCC1CCCC(CN)C1)c1nnnn1C(C)(C)C. The second kappa shape index (κ2) is 9.08. The molecule has 0 amide bonds. The lowest BCUT2D eigenvalue weighted by Gasteiger charge is -2.33. The molecule has 3 atom stereocenters. The predicted molar refractivity (Wildman–Crippen MR) is 102 cm³/mol. The van der Waals surface area contributed by atoms with Gasteiger partial charge >= 0.3 is 0 Å². The van der Waals surface area contributed by atoms with Gasteiger partial charge in [0.15, 0.2) is 5.82 Å². The molecule has 6 heteroatoms. The van der Waals surface area contributed by atoms with Crippen LogP contribution in [-0.2, 0) is 5.54 Å². The topological polar surface area (TPSA) is 81.7 Å². The summed E-state index contributed by atoms with van der Waals surface area (Å²) in [6.45, 7) is 12.9. The van der Waals surface area contributed by atoms with E-state index in [2.05, 4.69) is 55.5 Å². The molecule has 0 aliphatic heterocycles. The minimum absolute atomic E-state index is 0.111. The minimum Gasteiger partial charge on any atom is -0.330 e. The van der Waals surface area contributed by atoms with Crippen molar-refractivity contribution in [3.05, 3.63) is 5.82 Å². The number of hydrogen-bond donors (Lipinski definition) is 2. The van der Waals surface area contributed by atoms with Gasteiger partial charge < -0.3 is 11.1 Å². The Bertz CT molecular complexity index is 502. The molecule has 1 heterocycles. The summed E-state index contributed by atoms with van der Waals surface area (Å²) in [5, 5.41) is 16.5. The number of tetrazole rings is 1. The Labute approximate surface area is 153 Å². The highest BCUT2D eigenvalue weighted by atomic mass is 15.6. The van der Waals surface area contributed by atoms with Gasteiger partial charge in [-0.1, -0.05) is 33.1 Å². The van der Waals surface area contributed by atoms with Crippen LogP contribution in [-0.4, -0.2) is 33.3 Å². The molecule has 6 nitrogen and oxygen atoms in total. The molecule has 0 saturated heterocycles. The van der Waals surface area contributed by atoms with E-state index in [-0.39, 0.29) is 11.6 Å². The maximum atomic E-state index is 5.91. The Hall–Kier alpha value is -1.01. The smallest absolute Gasteiger partial charge is 0.169 e. The number of nitrogens with two attached hydrogens (primary N) is 1. The summed E-state index contributed by atoms with van der Waals surface area (Å²) in [6, 6.07) is 0.211. The molecule has 0 aromatic carbocycles. The number of aromatic nitrogens is 4. The van der Waals surface area contributed by atoms with Crippen LogP contribution in [0.2, 0.25) is 0 Å². The molecule has 1 saturated carbocycles. The highest BCUT2D eigenvalue weighted by molar-refractivity contribution is 4.99. The molecule has 0 spiro atoms. The lowest BCUT2D eigenvalue weighted by atomic mass is 9.81. The molecular formula is C19H38N6. The van der Waals surface area contributed by atoms with Crippen LogP contribution in [0.4, 0.5) is 0 Å². The largest absolute Gasteiger partial charge is 0.330 e. The summed E-state index contributed by atoms with van der Waals surface area (Å²) in [7, 11) is 0. The summed E-state index contributed by atoms with van der Waals surface area (Å²) < 4.78 is 1.99. The monoisotopic (exact) mass is 350 g/mol. The highest BCUT2D eigenvalue weighted by Crippen LogP contribution is 2.31. The summed E-state index contributed by atoms with van der Waals surface area (Å²) in [5.74, 6) is 2.94. The van der Waals surface area contributed by atoms with E-state index in [0.29, 0.717) is 11.8 Å². The van der Waals surface area contributed by atoms with Crippen molar-refractivity contribution in [1.29, 1.82) is 0 Å². The van der Waals surface area contributed by atoms with Crippen molar-refractivity contribution in [2.75, 3.05) is 13.1 Å². The molecule has 25 heavy (non-hydrogen) atoms. The van der Waals surface area contributed by atoms with Crippen molar-refractivity contribution in [2.45, 2.75) is 84.7 Å². The molecule has 2 rings (SSSR count). The van der Waals surface area contributed by atoms with Gasteiger partial charge in [0.25, 0.3) is 0 Å². The van der Waals surface area contributed by atoms with Gasteiger partial charge in [-0.2, -0.15) is 0 Å². The van der Waals surface area contributed by atoms with Gasteiger partial charge in [-0.15, -0.1) is 5.10 Å². The van der Waals surface area contributed by atoms with Crippen LogP contribution in [0.5, 0.6) is 0 Å². The van der Waals surface area contributed by atoms with Crippen molar-refractivity contribution >= 4 is 0 Å². The first kappa shape index (κ1) is 20.3. The minimum atomic E-state index is -0.111. The summed E-state index contributed by atoms with van der Waals surface area (Å²) >= 11 is 0. The fourth-order valence-electron chi connectivity index (χ4n) is 4.19. The molecule has 1 aromatic heterocycles. The van der Waals surface area contributed by atoms with Crippen LogP contribution in [0, 0.1) is 17.8 Å². The van der Waals surface area contributed by atoms with Crippen molar-refractivity contribution in [2.24, 2.45) is 23.5 Å². The predicted octanol–water partition coefficient (Wildman–Crippen LogP) is 3.26. The molecule has 3 N–H and O–H groups in total. The van der Waals surface area contributed by atoms with E-state index in [1.807, 2.05) is 4.68 Å². The Kier molecular flexibility index (Phi) is 7.37. The van der Waals surface area contributed by atoms with E-state index >= 15 is 0 Å². The quantitative estimate of drug-likeness (QED) is 0.752. The van der Waals surface area contributed by atoms with E-state index in [1.54, 1.807) is 0 Å². The maximum Gasteiger partial charge on any atom is 0.169 e. The first-order chi connectivity index (χ1) is 11.9. The van der Waals surface area contributed by atoms with Gasteiger partial charge in [-0.05, 0) is 81.3 Å². The summed E-state index contributed by atoms with van der Waals surface area (Å²) in [6.07, 6.45) is 7.42. The lowest BCUT2D eigenvalue weighted by molar-refractivity contribution is 0.228. The van der Waals surface area contributed by atoms with E-state index in [9.17, 15) is 0 Å². The average Bonchev–Trinajstić information content (AvgIpc) is 3.08. The summed E-state index contributed by atoms with van der Waals surface area (Å²) in [5.41, 5.74) is 5.80. The molecule has 1 aliphatic rings. The first-order valence-electron chi connectivity index (χ1n) is 10.1. The van der Waals surface area contributed by atoms with Gasteiger partial charge in [0.2, 0.25) is 0 Å². The molecule has 1 aliphatic carbocycles. The molecule has 1 aromatic rings. The fraction of sp³-hybridized carbons (Fsp3) is 0.947. The fourth-order valence-corrected chi connectivity index (χ4v) is 4.19. The molecule has 1 fully saturated rings. The Morgan fingerprint density at radius 2 is 1.88 bits per heavy atom. The number of rotatable bonds is 8. The standard InChI is InChI=1S/C19H38N6/c1-6-16(7-2)17(18-22-23-24-25(18)19(3,4)5)21-13-15-10-8-9-14(11-15)12-20/h14-17,21H,6-13,20H2,1-5H3. The van der Waals surface area contributed by atoms with Gasteiger partial charge in [-0.3, -0.25) is 0 Å². The van der Waals surface area contributed by atoms with Crippen molar-refractivity contribution < 1.29 is 0 Å². The molecule has 144 valence electrons. The first-order valence-corrected chi connectivity index (χ1v) is 10.1. The zero-order valence-electron chi connectivity index (χ0n) is 16.8. The zero-order valence-corrected chi connectivity index (χ0v) is 16.8. The van der Waals surface area contributed by atoms with Crippen LogP contribution in [0.1, 0.15) is 85.0 Å². The summed E-state index contributed by atoms with van der Waals surface area (Å²) in [4.78, 5) is 0. The number of hydrogen-bond acceptors (Lipinski definition) is 5. The zero-order chi connectivity index (χ0) is 18.4. The van der Waals surface area contributed by atoms with Crippen LogP contribution in [0.3, 0.4) is 0 Å². The van der Waals surface area contributed by atoms with E-state index < -0.39 is 0 Å². The van der Waals surface area contributed by atoms with E-state index in [0.717, 1.165) is 37.7 Å². The Morgan fingerprint density at radius 1 is 1.20 bits per heavy atom. The second-order valence-electron chi connectivity index (χ2n) is 8.72. The van der Waals surface area contributed by atoms with Gasteiger partial charge in [-0.25, -0.2) is 4.68 Å². The second-order valence-corrected chi connectivity index (χ2v) is 8.72. The number of nitrogens with one attached hydrogen (secondary N) is 1. The van der Waals surface area contributed by atoms with E-state index in [1.165, 1.54) is 25.7 Å². The highest BCUT2D eigenvalue weighted by Gasteiger charge is 2.31. The average molecular weight is 351 g/mol. The lowest BCUT2D eigenvalue weighted by Crippen LogP contribution is -2.38. The Balaban J connectivity index is 2.13. The van der Waals surface area contributed by atoms with Crippen LogP contribution < -0.4 is 11.1 Å². The normalized spacial score (nSPS) is 23.2. The molecule has 0 radical (unpaired) electrons. The van der Waals surface area contributed by atoms with Gasteiger partial charge in [0, 0.05) is 0 Å². The van der Waals surface area contributed by atoms with Crippen LogP contribution in [0.25, 0.3) is 0 Å². The van der Waals surface area contributed by atoms with Crippen molar-refractivity contribution in [1.82, 2.24) is 25.5 Å². The van der Waals surface area contributed by atoms with Crippen LogP contribution in [0.15, 0.2) is 0 Å². The van der Waals surface area contributed by atoms with E-state index in [4.69, 9.17) is 5.73 Å². The third kappa shape index (κ3) is 5.23. The van der Waals surface area contributed by atoms with Crippen molar-refractivity contribution in [3.8, 4) is 0 Å². The van der Waals surface area contributed by atoms with Crippen LogP contribution >= 0.6 is 0 Å². The molecular weight excluding hydrogens is 312 g/mol. The van der Waals surface area contributed by atoms with Gasteiger partial charge in [0.05, 0.1) is 11.6 Å².